The summed E-state index contributed by atoms with van der Waals surface area (Å²) in [5.74, 6) is -0.122. The molecule has 8 heteroatoms. The molecular weight excluding hydrogens is 362 g/mol. The van der Waals surface area contributed by atoms with Crippen molar-refractivity contribution in [3.63, 3.8) is 0 Å². The Labute approximate surface area is 149 Å². The Kier molecular flexibility index (Phi) is 3.87. The highest BCUT2D eigenvalue weighted by Gasteiger charge is 2.14. The summed E-state index contributed by atoms with van der Waals surface area (Å²) in [5, 5.41) is 12.7. The molecule has 0 aliphatic heterocycles. The van der Waals surface area contributed by atoms with E-state index >= 15 is 0 Å². The van der Waals surface area contributed by atoms with Gasteiger partial charge in [0.25, 0.3) is 5.91 Å². The standard InChI is InChI=1S/C16H11N3O2S3/c1-22-16-18-11-7-6-10-12(13(11)24-16)23-15(17-10)19-14(21)8-2-4-9(20)5-3-8/h2-7,20H,1H3,(H,17,19,21). The number of amides is 1. The normalized spacial score (nSPS) is 11.2. The van der Waals surface area contributed by atoms with Crippen LogP contribution in [0, 0.1) is 0 Å². The topological polar surface area (TPSA) is 75.1 Å². The summed E-state index contributed by atoms with van der Waals surface area (Å²) in [4.78, 5) is 21.3. The molecule has 120 valence electrons. The first-order chi connectivity index (χ1) is 11.6. The Balaban J connectivity index is 1.69. The van der Waals surface area contributed by atoms with Crippen LogP contribution >= 0.6 is 34.4 Å². The number of nitrogens with zero attached hydrogens (tertiary/aromatic N) is 2. The summed E-state index contributed by atoms with van der Waals surface area (Å²) in [6.45, 7) is 0. The fourth-order valence-corrected chi connectivity index (χ4v) is 4.93. The van der Waals surface area contributed by atoms with Gasteiger partial charge >= 0.3 is 0 Å². The zero-order valence-electron chi connectivity index (χ0n) is 12.4. The highest BCUT2D eigenvalue weighted by atomic mass is 32.2. The van der Waals surface area contributed by atoms with Gasteiger partial charge in [-0.3, -0.25) is 10.1 Å². The second kappa shape index (κ2) is 6.04. The number of anilines is 1. The number of nitrogens with one attached hydrogen (secondary N) is 1. The maximum absolute atomic E-state index is 12.3. The van der Waals surface area contributed by atoms with E-state index in [0.717, 1.165) is 24.8 Å². The van der Waals surface area contributed by atoms with Crippen LogP contribution in [0.15, 0.2) is 40.7 Å². The molecule has 0 fully saturated rings. The van der Waals surface area contributed by atoms with Gasteiger partial charge in [0, 0.05) is 5.56 Å². The molecule has 2 N–H and O–H groups in total. The molecule has 2 heterocycles. The molecule has 2 aromatic carbocycles. The summed E-state index contributed by atoms with van der Waals surface area (Å²) in [6.07, 6.45) is 2.00. The van der Waals surface area contributed by atoms with Crippen molar-refractivity contribution in [2.24, 2.45) is 0 Å². The minimum atomic E-state index is -0.251. The molecule has 4 rings (SSSR count). The Morgan fingerprint density at radius 1 is 1.04 bits per heavy atom. The number of benzene rings is 2. The van der Waals surface area contributed by atoms with Crippen LogP contribution in [0.25, 0.3) is 20.4 Å². The molecule has 5 nitrogen and oxygen atoms in total. The summed E-state index contributed by atoms with van der Waals surface area (Å²) in [5.41, 5.74) is 2.28. The van der Waals surface area contributed by atoms with Gasteiger partial charge in [-0.25, -0.2) is 9.97 Å². The number of aromatic nitrogens is 2. The highest BCUT2D eigenvalue weighted by Crippen LogP contribution is 2.38. The van der Waals surface area contributed by atoms with Crippen LogP contribution in [-0.2, 0) is 0 Å². The van der Waals surface area contributed by atoms with E-state index in [-0.39, 0.29) is 11.7 Å². The van der Waals surface area contributed by atoms with E-state index in [0.29, 0.717) is 10.7 Å². The number of aromatic hydroxyl groups is 1. The number of thiazole rings is 2. The van der Waals surface area contributed by atoms with Gasteiger partial charge in [-0.1, -0.05) is 23.1 Å². The van der Waals surface area contributed by atoms with E-state index in [1.807, 2.05) is 18.4 Å². The molecule has 0 unspecified atom stereocenters. The number of carbonyl (C=O) groups is 1. The second-order valence-corrected chi connectivity index (χ2v) is 8.02. The number of hydrogen-bond acceptors (Lipinski definition) is 7. The Morgan fingerprint density at radius 2 is 1.71 bits per heavy atom. The van der Waals surface area contributed by atoms with Crippen molar-refractivity contribution in [2.45, 2.75) is 4.34 Å². The lowest BCUT2D eigenvalue weighted by Gasteiger charge is -2.01. The van der Waals surface area contributed by atoms with Crippen molar-refractivity contribution in [1.29, 1.82) is 0 Å². The maximum atomic E-state index is 12.3. The third kappa shape index (κ3) is 2.72. The smallest absolute Gasteiger partial charge is 0.257 e. The molecular formula is C16H11N3O2S3. The number of carbonyl (C=O) groups excluding carboxylic acids is 1. The predicted molar refractivity (Wildman–Crippen MR) is 101 cm³/mol. The minimum Gasteiger partial charge on any atom is -0.508 e. The van der Waals surface area contributed by atoms with Gasteiger partial charge in [0.2, 0.25) is 0 Å². The van der Waals surface area contributed by atoms with Gasteiger partial charge in [-0.05, 0) is 42.7 Å². The maximum Gasteiger partial charge on any atom is 0.257 e. The Bertz CT molecular complexity index is 1050. The molecule has 2 aromatic heterocycles. The molecule has 0 atom stereocenters. The molecule has 0 saturated heterocycles. The van der Waals surface area contributed by atoms with Crippen LogP contribution in [0.5, 0.6) is 5.75 Å². The molecule has 24 heavy (non-hydrogen) atoms. The summed E-state index contributed by atoms with van der Waals surface area (Å²) >= 11 is 4.70. The van der Waals surface area contributed by atoms with Gasteiger partial charge in [0.1, 0.15) is 5.75 Å². The number of rotatable bonds is 3. The van der Waals surface area contributed by atoms with Crippen molar-refractivity contribution < 1.29 is 9.90 Å². The lowest BCUT2D eigenvalue weighted by molar-refractivity contribution is 0.102. The zero-order chi connectivity index (χ0) is 16.7. The molecule has 4 aromatic rings. The second-order valence-electron chi connectivity index (χ2n) is 4.97. The largest absolute Gasteiger partial charge is 0.508 e. The molecule has 0 bridgehead atoms. The lowest BCUT2D eigenvalue weighted by Crippen LogP contribution is -2.11. The fraction of sp³-hybridized carbons (Fsp3) is 0.0625. The van der Waals surface area contributed by atoms with Crippen LogP contribution < -0.4 is 5.32 Å². The third-order valence-corrected chi connectivity index (χ3v) is 6.62. The predicted octanol–water partition coefficient (Wildman–Crippen LogP) is 4.59. The van der Waals surface area contributed by atoms with Crippen molar-refractivity contribution in [3.05, 3.63) is 42.0 Å². The first-order valence-corrected chi connectivity index (χ1v) is 9.84. The number of thioether (sulfide) groups is 1. The average Bonchev–Trinajstić information content (AvgIpc) is 3.17. The van der Waals surface area contributed by atoms with Crippen LogP contribution in [0.1, 0.15) is 10.4 Å². The van der Waals surface area contributed by atoms with Crippen LogP contribution in [0.2, 0.25) is 0 Å². The van der Waals surface area contributed by atoms with E-state index in [9.17, 15) is 9.90 Å². The summed E-state index contributed by atoms with van der Waals surface area (Å²) in [6, 6.07) is 10.00. The van der Waals surface area contributed by atoms with Crippen molar-refractivity contribution in [2.75, 3.05) is 11.6 Å². The van der Waals surface area contributed by atoms with Crippen LogP contribution in [0.4, 0.5) is 5.13 Å². The molecule has 0 spiro atoms. The van der Waals surface area contributed by atoms with Gasteiger partial charge in [-0.15, -0.1) is 11.3 Å². The SMILES string of the molecule is CSc1nc2ccc3nc(NC(=O)c4ccc(O)cc4)sc3c2s1. The van der Waals surface area contributed by atoms with E-state index < -0.39 is 0 Å². The van der Waals surface area contributed by atoms with Gasteiger partial charge < -0.3 is 5.11 Å². The van der Waals surface area contributed by atoms with Gasteiger partial charge in [0.05, 0.1) is 20.4 Å². The van der Waals surface area contributed by atoms with E-state index in [2.05, 4.69) is 15.3 Å². The molecule has 0 aliphatic rings. The van der Waals surface area contributed by atoms with Crippen LogP contribution in [-0.4, -0.2) is 27.2 Å². The summed E-state index contributed by atoms with van der Waals surface area (Å²) < 4.78 is 3.14. The Hall–Kier alpha value is -2.16. The first-order valence-electron chi connectivity index (χ1n) is 6.98. The zero-order valence-corrected chi connectivity index (χ0v) is 14.9. The van der Waals surface area contributed by atoms with E-state index in [1.165, 1.54) is 23.5 Å². The van der Waals surface area contributed by atoms with Gasteiger partial charge in [0.15, 0.2) is 9.47 Å². The minimum absolute atomic E-state index is 0.128. The number of phenolic OH excluding ortho intramolecular Hbond substituents is 1. The summed E-state index contributed by atoms with van der Waals surface area (Å²) in [7, 11) is 0. The van der Waals surface area contributed by atoms with Crippen molar-refractivity contribution in [3.8, 4) is 5.75 Å². The third-order valence-electron chi connectivity index (χ3n) is 3.42. The number of phenols is 1. The number of fused-ring (bicyclic) bond motifs is 3. The monoisotopic (exact) mass is 373 g/mol. The quantitative estimate of drug-likeness (QED) is 0.514. The van der Waals surface area contributed by atoms with Crippen LogP contribution in [0.3, 0.4) is 0 Å². The van der Waals surface area contributed by atoms with Crippen molar-refractivity contribution >= 4 is 65.9 Å². The molecule has 0 radical (unpaired) electrons. The van der Waals surface area contributed by atoms with E-state index in [4.69, 9.17) is 0 Å². The molecule has 1 amide bonds. The van der Waals surface area contributed by atoms with E-state index in [1.54, 1.807) is 35.2 Å². The molecule has 0 saturated carbocycles. The van der Waals surface area contributed by atoms with Gasteiger partial charge in [-0.2, -0.15) is 0 Å². The van der Waals surface area contributed by atoms with Crippen molar-refractivity contribution in [1.82, 2.24) is 9.97 Å². The Morgan fingerprint density at radius 3 is 2.42 bits per heavy atom. The highest BCUT2D eigenvalue weighted by molar-refractivity contribution is 8.00. The molecule has 0 aliphatic carbocycles. The lowest BCUT2D eigenvalue weighted by atomic mass is 10.2. The first kappa shape index (κ1) is 15.4. The number of hydrogen-bond donors (Lipinski definition) is 2. The average molecular weight is 373 g/mol. The fourth-order valence-electron chi connectivity index (χ4n) is 2.28.